The molecule has 0 fully saturated rings. The van der Waals surface area contributed by atoms with Gasteiger partial charge in [0.05, 0.1) is 6.54 Å². The standard InChI is InChI=1S/C14H19FN4/c1-10(2)8-19-14(17-9-18-19)7-16-13-5-11(3)4-12(15)6-13/h4-6,9-10,16H,7-8H2,1-3H3. The number of aryl methyl sites for hydroxylation is 1. The van der Waals surface area contributed by atoms with Crippen molar-refractivity contribution in [3.05, 3.63) is 41.7 Å². The molecule has 4 nitrogen and oxygen atoms in total. The summed E-state index contributed by atoms with van der Waals surface area (Å²) in [5, 5.41) is 7.37. The number of halogens is 1. The third kappa shape index (κ3) is 3.77. The molecule has 0 aliphatic heterocycles. The summed E-state index contributed by atoms with van der Waals surface area (Å²) in [7, 11) is 0. The van der Waals surface area contributed by atoms with Crippen molar-refractivity contribution in [3.63, 3.8) is 0 Å². The van der Waals surface area contributed by atoms with Gasteiger partial charge in [-0.1, -0.05) is 13.8 Å². The highest BCUT2D eigenvalue weighted by Crippen LogP contribution is 2.14. The number of hydrogen-bond donors (Lipinski definition) is 1. The van der Waals surface area contributed by atoms with Crippen molar-refractivity contribution in [1.29, 1.82) is 0 Å². The molecule has 2 rings (SSSR count). The van der Waals surface area contributed by atoms with E-state index in [2.05, 4.69) is 29.2 Å². The molecule has 0 atom stereocenters. The van der Waals surface area contributed by atoms with Crippen LogP contribution in [0.3, 0.4) is 0 Å². The predicted octanol–water partition coefficient (Wildman–Crippen LogP) is 2.99. The van der Waals surface area contributed by atoms with Gasteiger partial charge in [0.25, 0.3) is 0 Å². The molecule has 0 unspecified atom stereocenters. The number of aromatic nitrogens is 3. The predicted molar refractivity (Wildman–Crippen MR) is 73.3 cm³/mol. The van der Waals surface area contributed by atoms with E-state index in [1.807, 2.05) is 17.7 Å². The van der Waals surface area contributed by atoms with E-state index in [1.165, 1.54) is 12.1 Å². The molecule has 0 radical (unpaired) electrons. The van der Waals surface area contributed by atoms with Crippen LogP contribution in [0.15, 0.2) is 24.5 Å². The fourth-order valence-corrected chi connectivity index (χ4v) is 1.94. The third-order valence-electron chi connectivity index (χ3n) is 2.73. The first kappa shape index (κ1) is 13.5. The molecule has 0 amide bonds. The number of hydrogen-bond acceptors (Lipinski definition) is 3. The Morgan fingerprint density at radius 3 is 2.79 bits per heavy atom. The lowest BCUT2D eigenvalue weighted by Crippen LogP contribution is -2.13. The van der Waals surface area contributed by atoms with Crippen molar-refractivity contribution in [2.75, 3.05) is 5.32 Å². The monoisotopic (exact) mass is 262 g/mol. The summed E-state index contributed by atoms with van der Waals surface area (Å²) in [4.78, 5) is 4.22. The van der Waals surface area contributed by atoms with E-state index in [0.717, 1.165) is 23.6 Å². The van der Waals surface area contributed by atoms with E-state index < -0.39 is 0 Å². The normalized spacial score (nSPS) is 11.0. The Labute approximate surface area is 112 Å². The number of nitrogens with zero attached hydrogens (tertiary/aromatic N) is 3. The average molecular weight is 262 g/mol. The molecule has 19 heavy (non-hydrogen) atoms. The highest BCUT2D eigenvalue weighted by atomic mass is 19.1. The summed E-state index contributed by atoms with van der Waals surface area (Å²) in [6.45, 7) is 7.51. The fourth-order valence-electron chi connectivity index (χ4n) is 1.94. The number of benzene rings is 1. The van der Waals surface area contributed by atoms with Gasteiger partial charge < -0.3 is 5.32 Å². The molecule has 0 aliphatic rings. The van der Waals surface area contributed by atoms with Gasteiger partial charge in [0.15, 0.2) is 0 Å². The second-order valence-electron chi connectivity index (χ2n) is 5.12. The Kier molecular flexibility index (Phi) is 4.14. The smallest absolute Gasteiger partial charge is 0.146 e. The Bertz CT molecular complexity index is 528. The van der Waals surface area contributed by atoms with Crippen LogP contribution in [-0.2, 0) is 13.1 Å². The summed E-state index contributed by atoms with van der Waals surface area (Å²) in [6.07, 6.45) is 1.55. The highest BCUT2D eigenvalue weighted by Gasteiger charge is 2.06. The summed E-state index contributed by atoms with van der Waals surface area (Å²) in [5.74, 6) is 1.14. The fraction of sp³-hybridized carbons (Fsp3) is 0.429. The lowest BCUT2D eigenvalue weighted by atomic mass is 10.2. The molecule has 0 saturated heterocycles. The van der Waals surface area contributed by atoms with Gasteiger partial charge in [0.1, 0.15) is 18.0 Å². The maximum absolute atomic E-state index is 13.3. The Hall–Kier alpha value is -1.91. The molecule has 0 bridgehead atoms. The molecular formula is C14H19FN4. The zero-order chi connectivity index (χ0) is 13.8. The van der Waals surface area contributed by atoms with Crippen LogP contribution in [0.25, 0.3) is 0 Å². The summed E-state index contributed by atoms with van der Waals surface area (Å²) < 4.78 is 15.2. The Morgan fingerprint density at radius 1 is 1.32 bits per heavy atom. The number of rotatable bonds is 5. The molecule has 0 aliphatic carbocycles. The van der Waals surface area contributed by atoms with Crippen molar-refractivity contribution >= 4 is 5.69 Å². The van der Waals surface area contributed by atoms with Gasteiger partial charge in [-0.2, -0.15) is 5.10 Å². The van der Waals surface area contributed by atoms with Gasteiger partial charge >= 0.3 is 0 Å². The van der Waals surface area contributed by atoms with Crippen molar-refractivity contribution in [3.8, 4) is 0 Å². The van der Waals surface area contributed by atoms with Crippen LogP contribution in [0.4, 0.5) is 10.1 Å². The molecule has 1 N–H and O–H groups in total. The van der Waals surface area contributed by atoms with Crippen molar-refractivity contribution in [1.82, 2.24) is 14.8 Å². The van der Waals surface area contributed by atoms with Crippen molar-refractivity contribution in [2.24, 2.45) is 5.92 Å². The first-order chi connectivity index (χ1) is 9.04. The van der Waals surface area contributed by atoms with E-state index >= 15 is 0 Å². The second-order valence-corrected chi connectivity index (χ2v) is 5.12. The van der Waals surface area contributed by atoms with Crippen molar-refractivity contribution < 1.29 is 4.39 Å². The molecule has 1 aromatic carbocycles. The second kappa shape index (κ2) is 5.82. The number of nitrogens with one attached hydrogen (secondary N) is 1. The zero-order valence-electron chi connectivity index (χ0n) is 11.5. The lowest BCUT2D eigenvalue weighted by Gasteiger charge is -2.10. The lowest BCUT2D eigenvalue weighted by molar-refractivity contribution is 0.468. The average Bonchev–Trinajstić information content (AvgIpc) is 2.71. The van der Waals surface area contributed by atoms with Crippen LogP contribution >= 0.6 is 0 Å². The minimum absolute atomic E-state index is 0.230. The van der Waals surface area contributed by atoms with E-state index in [-0.39, 0.29) is 5.82 Å². The van der Waals surface area contributed by atoms with E-state index in [0.29, 0.717) is 12.5 Å². The minimum atomic E-state index is -0.230. The molecule has 0 spiro atoms. The first-order valence-corrected chi connectivity index (χ1v) is 6.42. The largest absolute Gasteiger partial charge is 0.378 e. The maximum atomic E-state index is 13.3. The SMILES string of the molecule is Cc1cc(F)cc(NCc2ncnn2CC(C)C)c1. The van der Waals surface area contributed by atoms with Crippen LogP contribution in [0, 0.1) is 18.7 Å². The van der Waals surface area contributed by atoms with Gasteiger partial charge in [0.2, 0.25) is 0 Å². The first-order valence-electron chi connectivity index (χ1n) is 6.42. The molecular weight excluding hydrogens is 243 g/mol. The summed E-state index contributed by atoms with van der Waals surface area (Å²) in [6, 6.07) is 4.90. The van der Waals surface area contributed by atoms with Gasteiger partial charge in [-0.05, 0) is 36.6 Å². The summed E-state index contributed by atoms with van der Waals surface area (Å²) in [5.41, 5.74) is 1.66. The third-order valence-corrected chi connectivity index (χ3v) is 2.73. The number of anilines is 1. The Balaban J connectivity index is 2.04. The van der Waals surface area contributed by atoms with Gasteiger partial charge in [-0.3, -0.25) is 0 Å². The molecule has 1 aromatic heterocycles. The zero-order valence-corrected chi connectivity index (χ0v) is 11.5. The van der Waals surface area contributed by atoms with E-state index in [4.69, 9.17) is 0 Å². The van der Waals surface area contributed by atoms with Crippen LogP contribution in [-0.4, -0.2) is 14.8 Å². The molecule has 1 heterocycles. The van der Waals surface area contributed by atoms with Gasteiger partial charge in [-0.15, -0.1) is 0 Å². The molecule has 2 aromatic rings. The topological polar surface area (TPSA) is 42.7 Å². The van der Waals surface area contributed by atoms with E-state index in [1.54, 1.807) is 6.33 Å². The summed E-state index contributed by atoms with van der Waals surface area (Å²) >= 11 is 0. The van der Waals surface area contributed by atoms with Crippen molar-refractivity contribution in [2.45, 2.75) is 33.9 Å². The van der Waals surface area contributed by atoms with Gasteiger partial charge in [-0.25, -0.2) is 14.1 Å². The van der Waals surface area contributed by atoms with Crippen LogP contribution in [0.5, 0.6) is 0 Å². The van der Waals surface area contributed by atoms with Crippen LogP contribution < -0.4 is 5.32 Å². The maximum Gasteiger partial charge on any atom is 0.146 e. The van der Waals surface area contributed by atoms with Gasteiger partial charge in [0, 0.05) is 12.2 Å². The van der Waals surface area contributed by atoms with E-state index in [9.17, 15) is 4.39 Å². The minimum Gasteiger partial charge on any atom is -0.378 e. The molecule has 5 heteroatoms. The highest BCUT2D eigenvalue weighted by molar-refractivity contribution is 5.45. The quantitative estimate of drug-likeness (QED) is 0.900. The molecule has 0 saturated carbocycles. The molecule has 102 valence electrons. The van der Waals surface area contributed by atoms with Crippen LogP contribution in [0.2, 0.25) is 0 Å². The van der Waals surface area contributed by atoms with Crippen LogP contribution in [0.1, 0.15) is 25.2 Å². The Morgan fingerprint density at radius 2 is 2.11 bits per heavy atom.